The van der Waals surface area contributed by atoms with Gasteiger partial charge in [0.1, 0.15) is 28.8 Å². The van der Waals surface area contributed by atoms with E-state index in [0.717, 1.165) is 50.6 Å². The molecular weight excluding hydrogens is 795 g/mol. The number of pyridine rings is 1. The first kappa shape index (κ1) is 40.8. The average molecular weight is 840 g/mol. The number of nitrogens with zero attached hydrogens (tertiary/aromatic N) is 7. The molecule has 61 heavy (non-hydrogen) atoms. The van der Waals surface area contributed by atoms with E-state index in [1.807, 2.05) is 88.0 Å². The molecule has 5 heterocycles. The molecule has 11 nitrogen and oxygen atoms in total. The fourth-order valence-corrected chi connectivity index (χ4v) is 7.96. The quantitative estimate of drug-likeness (QED) is 0.0658. The van der Waals surface area contributed by atoms with Gasteiger partial charge in [0.2, 0.25) is 0 Å². The van der Waals surface area contributed by atoms with Crippen LogP contribution in [-0.4, -0.2) is 76.8 Å². The van der Waals surface area contributed by atoms with Crippen molar-refractivity contribution in [2.24, 2.45) is 9.98 Å². The Labute approximate surface area is 357 Å². The molecule has 0 spiro atoms. The Bertz CT molecular complexity index is 2670. The van der Waals surface area contributed by atoms with Crippen LogP contribution >= 0.6 is 0 Å². The number of esters is 2. The molecule has 3 aromatic carbocycles. The zero-order valence-electron chi connectivity index (χ0n) is 35.1. The number of imidazole rings is 2. The molecule has 8 rings (SSSR count). The van der Waals surface area contributed by atoms with Gasteiger partial charge in [-0.05, 0) is 48.5 Å². The highest BCUT2D eigenvalue weighted by Gasteiger charge is 2.28. The Hall–Kier alpha value is -6.94. The molecule has 0 radical (unpaired) electrons. The summed E-state index contributed by atoms with van der Waals surface area (Å²) in [5.41, 5.74) is 16.9. The molecule has 0 bridgehead atoms. The van der Waals surface area contributed by atoms with Crippen molar-refractivity contribution in [1.29, 1.82) is 0 Å². The molecule has 304 valence electrons. The minimum Gasteiger partial charge on any atom is -0.461 e. The number of rotatable bonds is 8. The third-order valence-corrected chi connectivity index (χ3v) is 11.5. The Morgan fingerprint density at radius 1 is 0.623 bits per heavy atom. The zero-order chi connectivity index (χ0) is 42.7. The topological polar surface area (TPSA) is 126 Å². The summed E-state index contributed by atoms with van der Waals surface area (Å²) in [6.45, 7) is 13.7. The maximum absolute atomic E-state index is 13.5. The van der Waals surface area contributed by atoms with Crippen molar-refractivity contribution < 1.29 is 19.1 Å². The molecule has 0 N–H and O–H groups in total. The molecule has 2 aliphatic rings. The largest absolute Gasteiger partial charge is 0.461 e. The molecule has 0 saturated carbocycles. The number of benzene rings is 3. The van der Waals surface area contributed by atoms with E-state index in [0.29, 0.717) is 17.1 Å². The summed E-state index contributed by atoms with van der Waals surface area (Å²) in [5, 5.41) is 0. The maximum Gasteiger partial charge on any atom is 0.358 e. The summed E-state index contributed by atoms with van der Waals surface area (Å²) in [5.74, 6) is 5.56. The lowest BCUT2D eigenvalue weighted by Gasteiger charge is -2.13. The van der Waals surface area contributed by atoms with E-state index in [1.54, 1.807) is 18.9 Å². The van der Waals surface area contributed by atoms with Gasteiger partial charge >= 0.3 is 11.9 Å². The van der Waals surface area contributed by atoms with Crippen molar-refractivity contribution in [2.75, 3.05) is 13.2 Å². The van der Waals surface area contributed by atoms with Crippen molar-refractivity contribution >= 4 is 39.5 Å². The van der Waals surface area contributed by atoms with Crippen LogP contribution in [0.1, 0.15) is 72.3 Å². The fourth-order valence-electron chi connectivity index (χ4n) is 6.92. The average Bonchev–Trinajstić information content (AvgIpc) is 3.78. The second-order valence-corrected chi connectivity index (χ2v) is 26.3. The lowest BCUT2D eigenvalue weighted by Crippen LogP contribution is -2.16. The van der Waals surface area contributed by atoms with Crippen LogP contribution in [0.5, 0.6) is 0 Å². The molecular formula is C48H45N7O4Si2. The molecule has 13 heteroatoms. The van der Waals surface area contributed by atoms with E-state index in [2.05, 4.69) is 83.2 Å². The Morgan fingerprint density at radius 2 is 1.13 bits per heavy atom. The summed E-state index contributed by atoms with van der Waals surface area (Å²) in [6, 6.07) is 27.8. The number of carbonyl (C=O) groups excluding carboxylic acids is 2. The second kappa shape index (κ2) is 17.0. The molecule has 0 unspecified atom stereocenters. The molecule has 0 amide bonds. The van der Waals surface area contributed by atoms with E-state index in [4.69, 9.17) is 19.5 Å². The van der Waals surface area contributed by atoms with E-state index in [-0.39, 0.29) is 44.1 Å². The fraction of sp³-hybridized carbons (Fsp3) is 0.229. The SMILES string of the molecule is C[Si](C)(C)C#Cc1ccc2c(c1)C(c1ccccc1)=NCc1c(C(=O)OCCCOC(=O)c3ncn4c3CN=C(c3ccccn3)c3cc(C#C[Si](C)(C)C)ccc3-4)ncn1-2. The first-order chi connectivity index (χ1) is 29.3. The third kappa shape index (κ3) is 9.14. The van der Waals surface area contributed by atoms with Crippen LogP contribution in [0.2, 0.25) is 39.3 Å². The van der Waals surface area contributed by atoms with Gasteiger partial charge in [-0.15, -0.1) is 11.1 Å². The predicted octanol–water partition coefficient (Wildman–Crippen LogP) is 8.02. The lowest BCUT2D eigenvalue weighted by atomic mass is 9.98. The van der Waals surface area contributed by atoms with Crippen molar-refractivity contribution in [2.45, 2.75) is 58.8 Å². The number of fused-ring (bicyclic) bond motifs is 6. The smallest absolute Gasteiger partial charge is 0.358 e. The van der Waals surface area contributed by atoms with Crippen LogP contribution in [0.15, 0.2) is 114 Å². The Kier molecular flexibility index (Phi) is 11.4. The summed E-state index contributed by atoms with van der Waals surface area (Å²) in [7, 11) is -3.21. The molecule has 0 saturated heterocycles. The molecule has 0 atom stereocenters. The van der Waals surface area contributed by atoms with Crippen LogP contribution in [0, 0.1) is 22.9 Å². The van der Waals surface area contributed by atoms with Gasteiger partial charge < -0.3 is 9.47 Å². The predicted molar refractivity (Wildman–Crippen MR) is 242 cm³/mol. The lowest BCUT2D eigenvalue weighted by molar-refractivity contribution is 0.0388. The maximum atomic E-state index is 13.5. The highest BCUT2D eigenvalue weighted by atomic mass is 28.3. The van der Waals surface area contributed by atoms with Gasteiger partial charge in [0, 0.05) is 40.4 Å². The van der Waals surface area contributed by atoms with Gasteiger partial charge in [0.25, 0.3) is 0 Å². The van der Waals surface area contributed by atoms with E-state index < -0.39 is 28.1 Å². The number of carbonyl (C=O) groups is 2. The number of ether oxygens (including phenoxy) is 2. The van der Waals surface area contributed by atoms with Crippen molar-refractivity contribution in [3.05, 3.63) is 160 Å². The molecule has 0 fully saturated rings. The van der Waals surface area contributed by atoms with Crippen molar-refractivity contribution in [3.8, 4) is 34.3 Å². The Morgan fingerprint density at radius 3 is 1.64 bits per heavy atom. The van der Waals surface area contributed by atoms with Crippen LogP contribution in [-0.2, 0) is 22.6 Å². The summed E-state index contributed by atoms with van der Waals surface area (Å²) in [6.07, 6.45) is 5.27. The minimum absolute atomic E-state index is 0.0128. The molecule has 6 aromatic rings. The van der Waals surface area contributed by atoms with Gasteiger partial charge in [-0.1, -0.05) is 87.5 Å². The molecule has 0 aliphatic carbocycles. The van der Waals surface area contributed by atoms with Crippen LogP contribution in [0.4, 0.5) is 0 Å². The first-order valence-electron chi connectivity index (χ1n) is 20.2. The third-order valence-electron chi connectivity index (χ3n) is 9.79. The highest BCUT2D eigenvalue weighted by Crippen LogP contribution is 2.30. The first-order valence-corrected chi connectivity index (χ1v) is 27.2. The summed E-state index contributed by atoms with van der Waals surface area (Å²) < 4.78 is 15.1. The zero-order valence-corrected chi connectivity index (χ0v) is 37.1. The van der Waals surface area contributed by atoms with Gasteiger partial charge in [-0.3, -0.25) is 24.1 Å². The minimum atomic E-state index is -1.61. The number of hydrogen-bond donors (Lipinski definition) is 0. The standard InChI is InChI=1S/C48H45N7O4Si2/c1-60(2,3)25-20-33-16-18-39-36(27-33)43(35-13-8-7-9-14-35)50-29-41-45(52-31-54(39)41)47(56)58-23-12-24-59-48(57)46-42-30-51-44(38-15-10-11-22-49-38)37-28-34(21-26-61(4,5)6)17-19-40(37)55(42)32-53-46/h7-11,13-19,22,27-28,31-32H,12,23-24,29-30H2,1-6H3. The van der Waals surface area contributed by atoms with Crippen LogP contribution in [0.3, 0.4) is 0 Å². The Balaban J connectivity index is 0.955. The van der Waals surface area contributed by atoms with Crippen LogP contribution in [0.25, 0.3) is 11.4 Å². The van der Waals surface area contributed by atoms with Gasteiger partial charge in [-0.2, -0.15) is 0 Å². The number of aromatic nitrogens is 5. The van der Waals surface area contributed by atoms with Crippen LogP contribution < -0.4 is 0 Å². The number of hydrogen-bond acceptors (Lipinski definition) is 9. The van der Waals surface area contributed by atoms with Gasteiger partial charge in [-0.25, -0.2) is 19.6 Å². The van der Waals surface area contributed by atoms with E-state index in [9.17, 15) is 9.59 Å². The van der Waals surface area contributed by atoms with Crippen molar-refractivity contribution in [3.63, 3.8) is 0 Å². The van der Waals surface area contributed by atoms with Gasteiger partial charge in [0.15, 0.2) is 11.4 Å². The summed E-state index contributed by atoms with van der Waals surface area (Å²) in [4.78, 5) is 50.5. The highest BCUT2D eigenvalue weighted by molar-refractivity contribution is 6.84. The second-order valence-electron chi connectivity index (χ2n) is 16.8. The van der Waals surface area contributed by atoms with Crippen molar-refractivity contribution in [1.82, 2.24) is 24.1 Å². The summed E-state index contributed by atoms with van der Waals surface area (Å²) >= 11 is 0. The molecule has 3 aromatic heterocycles. The van der Waals surface area contributed by atoms with E-state index >= 15 is 0 Å². The molecule has 2 aliphatic heterocycles. The number of aliphatic imine (C=N–C) groups is 2. The normalized spacial score (nSPS) is 12.9. The monoisotopic (exact) mass is 839 g/mol. The van der Waals surface area contributed by atoms with Gasteiger partial charge in [0.05, 0.1) is 66.2 Å². The van der Waals surface area contributed by atoms with E-state index in [1.165, 1.54) is 0 Å².